The molecule has 29 heavy (non-hydrogen) atoms. The van der Waals surface area contributed by atoms with Gasteiger partial charge in [-0.05, 0) is 57.1 Å². The van der Waals surface area contributed by atoms with Gasteiger partial charge in [-0.25, -0.2) is 0 Å². The number of nitrogens with one attached hydrogen (secondary N) is 1. The van der Waals surface area contributed by atoms with Crippen LogP contribution in [0.4, 0.5) is 5.00 Å². The molecule has 0 aliphatic carbocycles. The Morgan fingerprint density at radius 1 is 1.14 bits per heavy atom. The summed E-state index contributed by atoms with van der Waals surface area (Å²) in [4.78, 5) is 16.3. The molecule has 0 spiro atoms. The van der Waals surface area contributed by atoms with E-state index in [1.807, 2.05) is 12.1 Å². The smallest absolute Gasteiger partial charge is 0.291 e. The molecule has 2 aromatic heterocycles. The van der Waals surface area contributed by atoms with Crippen molar-refractivity contribution in [1.82, 2.24) is 4.90 Å². The lowest BCUT2D eigenvalue weighted by Crippen LogP contribution is -2.34. The summed E-state index contributed by atoms with van der Waals surface area (Å²) in [5.74, 6) is 0.958. The molecule has 1 atom stereocenters. The van der Waals surface area contributed by atoms with Crippen LogP contribution in [0.1, 0.15) is 51.9 Å². The largest absolute Gasteiger partial charge is 0.496 e. The molecule has 3 heterocycles. The van der Waals surface area contributed by atoms with E-state index in [1.165, 1.54) is 25.5 Å². The van der Waals surface area contributed by atoms with Crippen molar-refractivity contribution in [3.63, 3.8) is 0 Å². The van der Waals surface area contributed by atoms with Gasteiger partial charge in [-0.1, -0.05) is 24.6 Å². The molecule has 0 bridgehead atoms. The molecule has 1 aliphatic rings. The van der Waals surface area contributed by atoms with Crippen molar-refractivity contribution in [2.24, 2.45) is 0 Å². The van der Waals surface area contributed by atoms with E-state index < -0.39 is 0 Å². The number of carbonyl (C=O) groups excluding carboxylic acids is 1. The fourth-order valence-electron chi connectivity index (χ4n) is 4.04. The number of nitrogens with zero attached hydrogens (tertiary/aromatic N) is 1. The van der Waals surface area contributed by atoms with E-state index in [0.717, 1.165) is 39.8 Å². The molecule has 1 amide bonds. The summed E-state index contributed by atoms with van der Waals surface area (Å²) in [5.41, 5.74) is 2.24. The number of likely N-dealkylation sites (tertiary alicyclic amines) is 1. The number of anilines is 1. The van der Waals surface area contributed by atoms with Gasteiger partial charge in [0.1, 0.15) is 10.8 Å². The van der Waals surface area contributed by atoms with E-state index in [4.69, 9.17) is 9.15 Å². The van der Waals surface area contributed by atoms with E-state index in [2.05, 4.69) is 35.3 Å². The van der Waals surface area contributed by atoms with Crippen molar-refractivity contribution in [3.8, 4) is 5.75 Å². The minimum Gasteiger partial charge on any atom is -0.496 e. The first-order chi connectivity index (χ1) is 14.2. The monoisotopic (exact) mass is 410 g/mol. The molecule has 1 saturated heterocycles. The van der Waals surface area contributed by atoms with Crippen LogP contribution in [0.5, 0.6) is 5.75 Å². The van der Waals surface area contributed by atoms with Crippen LogP contribution in [0.25, 0.3) is 0 Å². The minimum absolute atomic E-state index is 0.0308. The van der Waals surface area contributed by atoms with Crippen molar-refractivity contribution in [2.45, 2.75) is 32.2 Å². The predicted octanol–water partition coefficient (Wildman–Crippen LogP) is 5.49. The van der Waals surface area contributed by atoms with Crippen molar-refractivity contribution in [2.75, 3.05) is 25.5 Å². The number of hydrogen-bond acceptors (Lipinski definition) is 5. The van der Waals surface area contributed by atoms with Crippen LogP contribution < -0.4 is 10.1 Å². The van der Waals surface area contributed by atoms with Crippen LogP contribution in [0.3, 0.4) is 0 Å². The third-order valence-electron chi connectivity index (χ3n) is 5.34. The van der Waals surface area contributed by atoms with Crippen LogP contribution in [-0.4, -0.2) is 31.0 Å². The Labute approximate surface area is 175 Å². The van der Waals surface area contributed by atoms with Crippen molar-refractivity contribution in [1.29, 1.82) is 0 Å². The lowest BCUT2D eigenvalue weighted by Gasteiger charge is -2.35. The maximum atomic E-state index is 12.7. The number of hydrogen-bond donors (Lipinski definition) is 1. The van der Waals surface area contributed by atoms with Gasteiger partial charge >= 0.3 is 0 Å². The zero-order chi connectivity index (χ0) is 20.2. The number of thiophene rings is 1. The molecular weight excluding hydrogens is 384 g/mol. The van der Waals surface area contributed by atoms with Gasteiger partial charge in [0.2, 0.25) is 0 Å². The van der Waals surface area contributed by atoms with E-state index in [0.29, 0.717) is 5.76 Å². The van der Waals surface area contributed by atoms with Gasteiger partial charge in [-0.15, -0.1) is 11.3 Å². The molecule has 1 fully saturated rings. The molecule has 0 saturated carbocycles. The zero-order valence-electron chi connectivity index (χ0n) is 16.8. The summed E-state index contributed by atoms with van der Waals surface area (Å²) in [6, 6.07) is 13.8. The van der Waals surface area contributed by atoms with E-state index in [9.17, 15) is 4.79 Å². The number of methoxy groups -OCH3 is 1. The Kier molecular flexibility index (Phi) is 6.02. The number of benzene rings is 1. The highest BCUT2D eigenvalue weighted by atomic mass is 32.1. The highest BCUT2D eigenvalue weighted by molar-refractivity contribution is 7.16. The fraction of sp³-hybridized carbons (Fsp3) is 0.348. The summed E-state index contributed by atoms with van der Waals surface area (Å²) in [6.07, 6.45) is 5.15. The Morgan fingerprint density at radius 2 is 1.93 bits per heavy atom. The zero-order valence-corrected chi connectivity index (χ0v) is 17.6. The van der Waals surface area contributed by atoms with Gasteiger partial charge in [-0.3, -0.25) is 9.69 Å². The molecule has 3 aromatic rings. The second-order valence-corrected chi connectivity index (χ2v) is 8.57. The topological polar surface area (TPSA) is 54.7 Å². The number of rotatable bonds is 6. The lowest BCUT2D eigenvalue weighted by atomic mass is 9.95. The lowest BCUT2D eigenvalue weighted by molar-refractivity contribution is 0.0996. The summed E-state index contributed by atoms with van der Waals surface area (Å²) >= 11 is 1.60. The normalized spacial score (nSPS) is 15.8. The molecule has 1 aliphatic heterocycles. The van der Waals surface area contributed by atoms with Crippen LogP contribution in [0.15, 0.2) is 53.1 Å². The summed E-state index contributed by atoms with van der Waals surface area (Å²) in [7, 11) is 1.71. The maximum absolute atomic E-state index is 12.7. The molecule has 152 valence electrons. The molecule has 0 unspecified atom stereocenters. The predicted molar refractivity (Wildman–Crippen MR) is 116 cm³/mol. The first kappa shape index (κ1) is 19.7. The Balaban J connectivity index is 1.75. The first-order valence-corrected chi connectivity index (χ1v) is 10.8. The summed E-state index contributed by atoms with van der Waals surface area (Å²) in [6.45, 7) is 4.14. The second-order valence-electron chi connectivity index (χ2n) is 7.31. The highest BCUT2D eigenvalue weighted by Crippen LogP contribution is 2.42. The number of piperidine rings is 1. The first-order valence-electron chi connectivity index (χ1n) is 9.99. The average molecular weight is 411 g/mol. The van der Waals surface area contributed by atoms with Crippen LogP contribution in [0, 0.1) is 6.92 Å². The molecule has 6 heteroatoms. The van der Waals surface area contributed by atoms with E-state index in [-0.39, 0.29) is 11.9 Å². The quantitative estimate of drug-likeness (QED) is 0.584. The minimum atomic E-state index is -0.226. The third kappa shape index (κ3) is 4.23. The SMILES string of the molecule is COc1ccccc1[C@H](c1cc(C)sc1NC(=O)c1ccco1)N1CCCCC1. The van der Waals surface area contributed by atoms with Crippen molar-refractivity contribution in [3.05, 3.63) is 70.5 Å². The molecule has 1 aromatic carbocycles. The van der Waals surface area contributed by atoms with Crippen LogP contribution >= 0.6 is 11.3 Å². The number of para-hydroxylation sites is 1. The number of furan rings is 1. The number of ether oxygens (including phenoxy) is 1. The van der Waals surface area contributed by atoms with Crippen LogP contribution in [-0.2, 0) is 0 Å². The molecule has 1 N–H and O–H groups in total. The van der Waals surface area contributed by atoms with Gasteiger partial charge in [0, 0.05) is 16.0 Å². The Hall–Kier alpha value is -2.57. The van der Waals surface area contributed by atoms with Gasteiger partial charge in [-0.2, -0.15) is 0 Å². The summed E-state index contributed by atoms with van der Waals surface area (Å²) < 4.78 is 11.0. The fourth-order valence-corrected chi connectivity index (χ4v) is 4.98. The second kappa shape index (κ2) is 8.84. The average Bonchev–Trinajstić information content (AvgIpc) is 3.40. The van der Waals surface area contributed by atoms with Crippen molar-refractivity contribution < 1.29 is 13.9 Å². The molecule has 0 radical (unpaired) electrons. The molecular formula is C23H26N2O3S. The van der Waals surface area contributed by atoms with Gasteiger partial charge < -0.3 is 14.5 Å². The van der Waals surface area contributed by atoms with E-state index in [1.54, 1.807) is 30.6 Å². The molecule has 5 nitrogen and oxygen atoms in total. The number of aryl methyl sites for hydroxylation is 1. The van der Waals surface area contributed by atoms with Gasteiger partial charge in [0.15, 0.2) is 5.76 Å². The van der Waals surface area contributed by atoms with Gasteiger partial charge in [0.05, 0.1) is 19.4 Å². The van der Waals surface area contributed by atoms with Gasteiger partial charge in [0.25, 0.3) is 5.91 Å². The summed E-state index contributed by atoms with van der Waals surface area (Å²) in [5, 5.41) is 3.95. The third-order valence-corrected chi connectivity index (χ3v) is 6.32. The highest BCUT2D eigenvalue weighted by Gasteiger charge is 2.30. The van der Waals surface area contributed by atoms with E-state index >= 15 is 0 Å². The number of amides is 1. The maximum Gasteiger partial charge on any atom is 0.291 e. The Bertz CT molecular complexity index is 958. The van der Waals surface area contributed by atoms with Crippen LogP contribution in [0.2, 0.25) is 0 Å². The number of carbonyl (C=O) groups is 1. The molecule has 4 rings (SSSR count). The standard InChI is InChI=1S/C23H26N2O3S/c1-16-15-18(23(29-16)24-22(26)20-11-8-14-28-20)21(25-12-6-3-7-13-25)17-9-4-5-10-19(17)27-2/h4-5,8-11,14-15,21H,3,6-7,12-13H2,1-2H3,(H,24,26)/t21-/m1/s1. The Morgan fingerprint density at radius 3 is 2.66 bits per heavy atom. The van der Waals surface area contributed by atoms with Crippen molar-refractivity contribution >= 4 is 22.2 Å².